The zero-order chi connectivity index (χ0) is 20.7. The first kappa shape index (κ1) is 21.0. The molecule has 0 spiro atoms. The highest BCUT2D eigenvalue weighted by Gasteiger charge is 2.11. The number of aryl methyl sites for hydroxylation is 2. The van der Waals surface area contributed by atoms with Crippen molar-refractivity contribution >= 4 is 34.8 Å². The van der Waals surface area contributed by atoms with Crippen LogP contribution < -0.4 is 16.0 Å². The minimum Gasteiger partial charge on any atom is -0.465 e. The lowest BCUT2D eigenvalue weighted by molar-refractivity contribution is -0.116. The Balaban J connectivity index is 2.04. The molecule has 0 aliphatic carbocycles. The normalized spacial score (nSPS) is 10.1. The Kier molecular flexibility index (Phi) is 7.14. The summed E-state index contributed by atoms with van der Waals surface area (Å²) >= 11 is 0. The van der Waals surface area contributed by atoms with Crippen molar-refractivity contribution in [3.63, 3.8) is 0 Å². The molecule has 2 amide bonds. The van der Waals surface area contributed by atoms with E-state index in [1.54, 1.807) is 31.2 Å². The summed E-state index contributed by atoms with van der Waals surface area (Å²) in [7, 11) is 1.31. The van der Waals surface area contributed by atoms with Gasteiger partial charge in [0.25, 0.3) is 0 Å². The van der Waals surface area contributed by atoms with Gasteiger partial charge in [0, 0.05) is 23.5 Å². The SMILES string of the molecule is CCC(=O)Nc1ccc(C)c(NCC(=O)Nc2cc(C(=O)OC)ccc2C)c1. The first-order chi connectivity index (χ1) is 13.3. The van der Waals surface area contributed by atoms with Gasteiger partial charge in [-0.05, 0) is 49.2 Å². The van der Waals surface area contributed by atoms with Crippen LogP contribution in [0, 0.1) is 13.8 Å². The molecule has 0 heterocycles. The van der Waals surface area contributed by atoms with Crippen LogP contribution in [0.2, 0.25) is 0 Å². The van der Waals surface area contributed by atoms with Gasteiger partial charge in [0.15, 0.2) is 0 Å². The van der Waals surface area contributed by atoms with Crippen molar-refractivity contribution in [2.24, 2.45) is 0 Å². The van der Waals surface area contributed by atoms with Crippen LogP contribution in [0.15, 0.2) is 36.4 Å². The molecule has 2 aromatic rings. The molecule has 7 heteroatoms. The fourth-order valence-corrected chi connectivity index (χ4v) is 2.51. The van der Waals surface area contributed by atoms with Gasteiger partial charge in [-0.3, -0.25) is 9.59 Å². The van der Waals surface area contributed by atoms with E-state index in [1.807, 2.05) is 26.0 Å². The summed E-state index contributed by atoms with van der Waals surface area (Å²) in [4.78, 5) is 35.6. The Bertz CT molecular complexity index is 893. The van der Waals surface area contributed by atoms with Crippen LogP contribution in [0.4, 0.5) is 17.1 Å². The Labute approximate surface area is 164 Å². The molecule has 7 nitrogen and oxygen atoms in total. The van der Waals surface area contributed by atoms with Gasteiger partial charge in [0.1, 0.15) is 0 Å². The van der Waals surface area contributed by atoms with Gasteiger partial charge < -0.3 is 20.7 Å². The molecule has 28 heavy (non-hydrogen) atoms. The van der Waals surface area contributed by atoms with Crippen LogP contribution in [0.3, 0.4) is 0 Å². The fourth-order valence-electron chi connectivity index (χ4n) is 2.51. The molecular formula is C21H25N3O4. The minimum atomic E-state index is -0.463. The van der Waals surface area contributed by atoms with Crippen molar-refractivity contribution in [2.45, 2.75) is 27.2 Å². The molecule has 0 radical (unpaired) electrons. The lowest BCUT2D eigenvalue weighted by atomic mass is 10.1. The second kappa shape index (κ2) is 9.55. The lowest BCUT2D eigenvalue weighted by Crippen LogP contribution is -2.23. The first-order valence-electron chi connectivity index (χ1n) is 8.97. The van der Waals surface area contributed by atoms with Crippen LogP contribution in [-0.4, -0.2) is 31.4 Å². The van der Waals surface area contributed by atoms with Crippen LogP contribution >= 0.6 is 0 Å². The van der Waals surface area contributed by atoms with Crippen molar-refractivity contribution in [3.05, 3.63) is 53.1 Å². The lowest BCUT2D eigenvalue weighted by Gasteiger charge is -2.13. The van der Waals surface area contributed by atoms with Gasteiger partial charge in [-0.1, -0.05) is 19.1 Å². The average molecular weight is 383 g/mol. The molecule has 3 N–H and O–H groups in total. The molecule has 0 fully saturated rings. The number of amides is 2. The third kappa shape index (κ3) is 5.57. The number of hydrogen-bond acceptors (Lipinski definition) is 5. The zero-order valence-corrected chi connectivity index (χ0v) is 16.5. The second-order valence-corrected chi connectivity index (χ2v) is 6.35. The predicted molar refractivity (Wildman–Crippen MR) is 110 cm³/mol. The predicted octanol–water partition coefficient (Wildman–Crippen LogP) is 3.49. The zero-order valence-electron chi connectivity index (χ0n) is 16.5. The summed E-state index contributed by atoms with van der Waals surface area (Å²) in [5.41, 5.74) is 4.13. The van der Waals surface area contributed by atoms with Gasteiger partial charge in [-0.25, -0.2) is 4.79 Å². The van der Waals surface area contributed by atoms with E-state index in [4.69, 9.17) is 4.74 Å². The first-order valence-corrected chi connectivity index (χ1v) is 8.97. The summed E-state index contributed by atoms with van der Waals surface area (Å²) < 4.78 is 4.71. The number of ether oxygens (including phenoxy) is 1. The quantitative estimate of drug-likeness (QED) is 0.636. The smallest absolute Gasteiger partial charge is 0.337 e. The summed E-state index contributed by atoms with van der Waals surface area (Å²) in [5, 5.41) is 8.67. The summed E-state index contributed by atoms with van der Waals surface area (Å²) in [6.45, 7) is 5.57. The van der Waals surface area contributed by atoms with Crippen LogP contribution in [0.5, 0.6) is 0 Å². The Hall–Kier alpha value is -3.35. The Morgan fingerprint density at radius 2 is 1.57 bits per heavy atom. The molecule has 0 aromatic heterocycles. The number of rotatable bonds is 7. The maximum absolute atomic E-state index is 12.3. The van der Waals surface area contributed by atoms with Gasteiger partial charge in [0.05, 0.1) is 19.2 Å². The Morgan fingerprint density at radius 3 is 2.25 bits per heavy atom. The maximum Gasteiger partial charge on any atom is 0.337 e. The fraction of sp³-hybridized carbons (Fsp3) is 0.286. The van der Waals surface area contributed by atoms with Crippen molar-refractivity contribution < 1.29 is 19.1 Å². The second-order valence-electron chi connectivity index (χ2n) is 6.35. The Morgan fingerprint density at radius 1 is 0.893 bits per heavy atom. The number of carbonyl (C=O) groups is 3. The van der Waals surface area contributed by atoms with E-state index < -0.39 is 5.97 Å². The molecule has 0 saturated carbocycles. The highest BCUT2D eigenvalue weighted by atomic mass is 16.5. The van der Waals surface area contributed by atoms with E-state index in [1.165, 1.54) is 7.11 Å². The van der Waals surface area contributed by atoms with Crippen LogP contribution in [0.1, 0.15) is 34.8 Å². The molecule has 0 aliphatic heterocycles. The highest BCUT2D eigenvalue weighted by Crippen LogP contribution is 2.21. The average Bonchev–Trinajstić information content (AvgIpc) is 2.69. The van der Waals surface area contributed by atoms with Gasteiger partial charge in [-0.2, -0.15) is 0 Å². The number of benzene rings is 2. The van der Waals surface area contributed by atoms with Crippen molar-refractivity contribution in [2.75, 3.05) is 29.6 Å². The maximum atomic E-state index is 12.3. The highest BCUT2D eigenvalue weighted by molar-refractivity contribution is 5.97. The standard InChI is InChI=1S/C21H25N3O4/c1-5-19(25)23-16-9-7-13(2)17(11-16)22-12-20(26)24-18-10-15(21(27)28-4)8-6-14(18)3/h6-11,22H,5,12H2,1-4H3,(H,23,25)(H,24,26). The van der Waals surface area contributed by atoms with Crippen molar-refractivity contribution in [1.82, 2.24) is 0 Å². The number of anilines is 3. The molecule has 2 rings (SSSR count). The molecular weight excluding hydrogens is 358 g/mol. The summed E-state index contributed by atoms with van der Waals surface area (Å²) in [6, 6.07) is 10.5. The minimum absolute atomic E-state index is 0.0356. The summed E-state index contributed by atoms with van der Waals surface area (Å²) in [6.07, 6.45) is 0.392. The number of esters is 1. The molecule has 148 valence electrons. The molecule has 2 aromatic carbocycles. The number of hydrogen-bond donors (Lipinski definition) is 3. The molecule has 0 atom stereocenters. The topological polar surface area (TPSA) is 96.5 Å². The third-order valence-electron chi connectivity index (χ3n) is 4.21. The van der Waals surface area contributed by atoms with Gasteiger partial charge >= 0.3 is 5.97 Å². The third-order valence-corrected chi connectivity index (χ3v) is 4.21. The monoisotopic (exact) mass is 383 g/mol. The largest absolute Gasteiger partial charge is 0.465 e. The van der Waals surface area contributed by atoms with E-state index in [-0.39, 0.29) is 18.4 Å². The number of carbonyl (C=O) groups excluding carboxylic acids is 3. The van der Waals surface area contributed by atoms with Crippen LogP contribution in [-0.2, 0) is 14.3 Å². The van der Waals surface area contributed by atoms with E-state index >= 15 is 0 Å². The van der Waals surface area contributed by atoms with Crippen molar-refractivity contribution in [1.29, 1.82) is 0 Å². The number of methoxy groups -OCH3 is 1. The van der Waals surface area contributed by atoms with Crippen LogP contribution in [0.25, 0.3) is 0 Å². The number of nitrogens with one attached hydrogen (secondary N) is 3. The molecule has 0 unspecified atom stereocenters. The van der Waals surface area contributed by atoms with E-state index in [0.717, 1.165) is 16.8 Å². The van der Waals surface area contributed by atoms with Crippen molar-refractivity contribution in [3.8, 4) is 0 Å². The molecule has 0 saturated heterocycles. The van der Waals surface area contributed by atoms with E-state index in [2.05, 4.69) is 16.0 Å². The molecule has 0 bridgehead atoms. The molecule has 0 aliphatic rings. The van der Waals surface area contributed by atoms with E-state index in [9.17, 15) is 14.4 Å². The van der Waals surface area contributed by atoms with Gasteiger partial charge in [-0.15, -0.1) is 0 Å². The summed E-state index contributed by atoms with van der Waals surface area (Å²) in [5.74, 6) is -0.795. The van der Waals surface area contributed by atoms with E-state index in [0.29, 0.717) is 23.4 Å². The van der Waals surface area contributed by atoms with Gasteiger partial charge in [0.2, 0.25) is 11.8 Å².